The van der Waals surface area contributed by atoms with Crippen molar-refractivity contribution in [3.63, 3.8) is 0 Å². The van der Waals surface area contributed by atoms with Crippen LogP contribution in [0, 0.1) is 6.92 Å². The third kappa shape index (κ3) is 3.33. The minimum atomic E-state index is 0.0847. The van der Waals surface area contributed by atoms with E-state index in [1.165, 1.54) is 12.0 Å². The Morgan fingerprint density at radius 2 is 2.22 bits per heavy atom. The minimum Gasteiger partial charge on any atom is -0.354 e. The molecule has 0 radical (unpaired) electrons. The predicted molar refractivity (Wildman–Crippen MR) is 73.5 cm³/mol. The van der Waals surface area contributed by atoms with Gasteiger partial charge in [-0.2, -0.15) is 0 Å². The Balaban J connectivity index is 1.84. The molecule has 0 spiro atoms. The first-order valence-corrected chi connectivity index (χ1v) is 6.65. The average molecular weight is 246 g/mol. The van der Waals surface area contributed by atoms with Crippen LogP contribution in [0.25, 0.3) is 0 Å². The van der Waals surface area contributed by atoms with Crippen molar-refractivity contribution in [3.05, 3.63) is 35.4 Å². The van der Waals surface area contributed by atoms with Crippen molar-refractivity contribution in [2.45, 2.75) is 38.6 Å². The number of carbonyl (C=O) groups is 1. The van der Waals surface area contributed by atoms with Crippen LogP contribution in [0.5, 0.6) is 0 Å². The summed E-state index contributed by atoms with van der Waals surface area (Å²) in [6.45, 7) is 6.00. The van der Waals surface area contributed by atoms with E-state index < -0.39 is 0 Å². The van der Waals surface area contributed by atoms with Gasteiger partial charge in [0.05, 0.1) is 6.42 Å². The summed E-state index contributed by atoms with van der Waals surface area (Å²) in [6.07, 6.45) is 2.81. The van der Waals surface area contributed by atoms with Crippen LogP contribution in [0.15, 0.2) is 24.3 Å². The van der Waals surface area contributed by atoms with Crippen LogP contribution in [0.3, 0.4) is 0 Å². The lowest BCUT2D eigenvalue weighted by Crippen LogP contribution is -2.47. The van der Waals surface area contributed by atoms with E-state index in [1.54, 1.807) is 0 Å². The zero-order valence-corrected chi connectivity index (χ0v) is 11.3. The number of benzene rings is 1. The van der Waals surface area contributed by atoms with Gasteiger partial charge in [0.2, 0.25) is 5.91 Å². The third-order valence-corrected chi connectivity index (χ3v) is 3.75. The molecule has 1 unspecified atom stereocenters. The largest absolute Gasteiger partial charge is 0.354 e. The number of hydrogen-bond acceptors (Lipinski definition) is 2. The van der Waals surface area contributed by atoms with E-state index in [2.05, 4.69) is 17.6 Å². The van der Waals surface area contributed by atoms with Crippen molar-refractivity contribution in [1.82, 2.24) is 10.6 Å². The molecule has 0 aliphatic carbocycles. The molecule has 3 heteroatoms. The SMILES string of the molecule is Cc1ccccc1CC(=O)NCC1(C)CCCN1. The summed E-state index contributed by atoms with van der Waals surface area (Å²) < 4.78 is 0. The zero-order valence-electron chi connectivity index (χ0n) is 11.3. The molecule has 1 atom stereocenters. The zero-order chi connectivity index (χ0) is 13.0. The predicted octanol–water partition coefficient (Wildman–Crippen LogP) is 1.80. The summed E-state index contributed by atoms with van der Waals surface area (Å²) in [6, 6.07) is 8.04. The van der Waals surface area contributed by atoms with Gasteiger partial charge >= 0.3 is 0 Å². The Morgan fingerprint density at radius 3 is 2.89 bits per heavy atom. The second-order valence-corrected chi connectivity index (χ2v) is 5.47. The van der Waals surface area contributed by atoms with Gasteiger partial charge in [-0.25, -0.2) is 0 Å². The summed E-state index contributed by atoms with van der Waals surface area (Å²) in [5, 5.41) is 6.49. The van der Waals surface area contributed by atoms with E-state index in [0.29, 0.717) is 6.42 Å². The molecule has 1 saturated heterocycles. The average Bonchev–Trinajstić information content (AvgIpc) is 2.77. The molecule has 18 heavy (non-hydrogen) atoms. The van der Waals surface area contributed by atoms with E-state index in [9.17, 15) is 4.79 Å². The molecule has 3 nitrogen and oxygen atoms in total. The van der Waals surface area contributed by atoms with Gasteiger partial charge in [0.25, 0.3) is 0 Å². The second-order valence-electron chi connectivity index (χ2n) is 5.47. The van der Waals surface area contributed by atoms with E-state index in [1.807, 2.05) is 31.2 Å². The molecule has 2 rings (SSSR count). The van der Waals surface area contributed by atoms with Crippen LogP contribution < -0.4 is 10.6 Å². The van der Waals surface area contributed by atoms with Crippen LogP contribution in [-0.4, -0.2) is 24.5 Å². The molecule has 1 fully saturated rings. The topological polar surface area (TPSA) is 41.1 Å². The van der Waals surface area contributed by atoms with Gasteiger partial charge in [-0.1, -0.05) is 24.3 Å². The van der Waals surface area contributed by atoms with Gasteiger partial charge in [-0.3, -0.25) is 4.79 Å². The monoisotopic (exact) mass is 246 g/mol. The van der Waals surface area contributed by atoms with Crippen LogP contribution in [0.1, 0.15) is 30.9 Å². The number of carbonyl (C=O) groups excluding carboxylic acids is 1. The Kier molecular flexibility index (Phi) is 4.02. The highest BCUT2D eigenvalue weighted by Crippen LogP contribution is 2.17. The molecule has 1 amide bonds. The number of amides is 1. The van der Waals surface area contributed by atoms with E-state index in [0.717, 1.165) is 25.1 Å². The molecule has 1 aliphatic heterocycles. The minimum absolute atomic E-state index is 0.0847. The first-order valence-electron chi connectivity index (χ1n) is 6.65. The summed E-state index contributed by atoms with van der Waals surface area (Å²) in [5.74, 6) is 0.110. The van der Waals surface area contributed by atoms with Gasteiger partial charge < -0.3 is 10.6 Å². The smallest absolute Gasteiger partial charge is 0.224 e. The lowest BCUT2D eigenvalue weighted by Gasteiger charge is -2.24. The summed E-state index contributed by atoms with van der Waals surface area (Å²) >= 11 is 0. The van der Waals surface area contributed by atoms with E-state index >= 15 is 0 Å². The van der Waals surface area contributed by atoms with Gasteiger partial charge in [-0.15, -0.1) is 0 Å². The quantitative estimate of drug-likeness (QED) is 0.850. The highest BCUT2D eigenvalue weighted by atomic mass is 16.1. The van der Waals surface area contributed by atoms with Gasteiger partial charge in [0.1, 0.15) is 0 Å². The second kappa shape index (κ2) is 5.53. The molecule has 2 N–H and O–H groups in total. The summed E-state index contributed by atoms with van der Waals surface area (Å²) in [7, 11) is 0. The molecule has 1 aromatic rings. The first-order chi connectivity index (χ1) is 8.59. The molecular weight excluding hydrogens is 224 g/mol. The standard InChI is InChI=1S/C15H22N2O/c1-12-6-3-4-7-13(12)10-14(18)16-11-15(2)8-5-9-17-15/h3-4,6-7,17H,5,8-11H2,1-2H3,(H,16,18). The first kappa shape index (κ1) is 13.1. The molecule has 0 bridgehead atoms. The fourth-order valence-corrected chi connectivity index (χ4v) is 2.45. The molecule has 1 aliphatic rings. The van der Waals surface area contributed by atoms with Crippen LogP contribution in [0.2, 0.25) is 0 Å². The molecule has 0 aromatic heterocycles. The fourth-order valence-electron chi connectivity index (χ4n) is 2.45. The number of hydrogen-bond donors (Lipinski definition) is 2. The van der Waals surface area contributed by atoms with Crippen LogP contribution >= 0.6 is 0 Å². The molecule has 1 heterocycles. The van der Waals surface area contributed by atoms with Crippen molar-refractivity contribution in [3.8, 4) is 0 Å². The van der Waals surface area contributed by atoms with Crippen molar-refractivity contribution in [1.29, 1.82) is 0 Å². The maximum absolute atomic E-state index is 11.9. The lowest BCUT2D eigenvalue weighted by atomic mass is 10.00. The Labute approximate surface area is 109 Å². The maximum Gasteiger partial charge on any atom is 0.224 e. The van der Waals surface area contributed by atoms with Crippen molar-refractivity contribution in [2.75, 3.05) is 13.1 Å². The number of nitrogens with one attached hydrogen (secondary N) is 2. The van der Waals surface area contributed by atoms with E-state index in [4.69, 9.17) is 0 Å². The van der Waals surface area contributed by atoms with Crippen molar-refractivity contribution in [2.24, 2.45) is 0 Å². The molecule has 1 aromatic carbocycles. The highest BCUT2D eigenvalue weighted by molar-refractivity contribution is 5.79. The number of aryl methyl sites for hydroxylation is 1. The molecule has 98 valence electrons. The van der Waals surface area contributed by atoms with Gasteiger partial charge in [0.15, 0.2) is 0 Å². The fraction of sp³-hybridized carbons (Fsp3) is 0.533. The molecule has 0 saturated carbocycles. The van der Waals surface area contributed by atoms with Crippen LogP contribution in [0.4, 0.5) is 0 Å². The van der Waals surface area contributed by atoms with Gasteiger partial charge in [0, 0.05) is 12.1 Å². The third-order valence-electron chi connectivity index (χ3n) is 3.75. The van der Waals surface area contributed by atoms with E-state index in [-0.39, 0.29) is 11.4 Å². The normalized spacial score (nSPS) is 23.0. The summed E-state index contributed by atoms with van der Waals surface area (Å²) in [5.41, 5.74) is 2.37. The van der Waals surface area contributed by atoms with Crippen molar-refractivity contribution < 1.29 is 4.79 Å². The Hall–Kier alpha value is -1.35. The maximum atomic E-state index is 11.9. The van der Waals surface area contributed by atoms with Crippen LogP contribution in [-0.2, 0) is 11.2 Å². The summed E-state index contributed by atoms with van der Waals surface area (Å²) in [4.78, 5) is 11.9. The Morgan fingerprint density at radius 1 is 1.44 bits per heavy atom. The Bertz CT molecular complexity index is 422. The number of rotatable bonds is 4. The van der Waals surface area contributed by atoms with Crippen molar-refractivity contribution >= 4 is 5.91 Å². The van der Waals surface area contributed by atoms with Gasteiger partial charge in [-0.05, 0) is 44.4 Å². The molecular formula is C15H22N2O. The lowest BCUT2D eigenvalue weighted by molar-refractivity contribution is -0.120. The highest BCUT2D eigenvalue weighted by Gasteiger charge is 2.28.